The summed E-state index contributed by atoms with van der Waals surface area (Å²) in [5.41, 5.74) is 3.03. The largest absolute Gasteiger partial charge is 0.366 e. The maximum absolute atomic E-state index is 15.4. The lowest BCUT2D eigenvalue weighted by Gasteiger charge is -2.36. The molecular formula is C23H23ClFN7O2. The van der Waals surface area contributed by atoms with E-state index in [4.69, 9.17) is 11.6 Å². The fourth-order valence-corrected chi connectivity index (χ4v) is 4.67. The minimum Gasteiger partial charge on any atom is -0.366 e. The first-order chi connectivity index (χ1) is 16.4. The molecule has 0 saturated carbocycles. The van der Waals surface area contributed by atoms with Crippen molar-refractivity contribution < 1.29 is 9.18 Å². The van der Waals surface area contributed by atoms with Gasteiger partial charge in [0, 0.05) is 50.9 Å². The summed E-state index contributed by atoms with van der Waals surface area (Å²) in [6, 6.07) is 6.98. The number of benzene rings is 1. The van der Waals surface area contributed by atoms with Crippen molar-refractivity contribution in [2.24, 2.45) is 0 Å². The molecule has 34 heavy (non-hydrogen) atoms. The van der Waals surface area contributed by atoms with Crippen LogP contribution in [-0.2, 0) is 6.54 Å². The zero-order valence-corrected chi connectivity index (χ0v) is 19.5. The van der Waals surface area contributed by atoms with Gasteiger partial charge in [0.2, 0.25) is 0 Å². The van der Waals surface area contributed by atoms with Gasteiger partial charge >= 0.3 is 0 Å². The minimum absolute atomic E-state index is 0.158. The molecule has 1 saturated heterocycles. The van der Waals surface area contributed by atoms with Crippen molar-refractivity contribution >= 4 is 39.7 Å². The van der Waals surface area contributed by atoms with Crippen molar-refractivity contribution in [3.63, 3.8) is 0 Å². The van der Waals surface area contributed by atoms with E-state index in [-0.39, 0.29) is 27.8 Å². The minimum atomic E-state index is -0.441. The molecule has 4 aromatic rings. The highest BCUT2D eigenvalue weighted by Gasteiger charge is 2.22. The van der Waals surface area contributed by atoms with E-state index < -0.39 is 5.82 Å². The van der Waals surface area contributed by atoms with Crippen LogP contribution in [-0.4, -0.2) is 63.6 Å². The molecule has 11 heteroatoms. The fourth-order valence-electron chi connectivity index (χ4n) is 4.39. The highest BCUT2D eigenvalue weighted by molar-refractivity contribution is 6.32. The number of aryl methyl sites for hydroxylation is 1. The lowest BCUT2D eigenvalue weighted by atomic mass is 10.1. The number of piperazine rings is 1. The number of carbonyl (C=O) groups is 1. The molecule has 0 aliphatic carbocycles. The van der Waals surface area contributed by atoms with E-state index in [0.717, 1.165) is 11.3 Å². The van der Waals surface area contributed by atoms with Crippen LogP contribution in [0.4, 0.5) is 10.1 Å². The van der Waals surface area contributed by atoms with Crippen molar-refractivity contribution in [1.82, 2.24) is 29.8 Å². The van der Waals surface area contributed by atoms with Gasteiger partial charge in [-0.1, -0.05) is 17.7 Å². The van der Waals surface area contributed by atoms with Gasteiger partial charge in [-0.3, -0.25) is 14.5 Å². The quantitative estimate of drug-likeness (QED) is 0.432. The van der Waals surface area contributed by atoms with Gasteiger partial charge in [-0.05, 0) is 25.1 Å². The molecule has 0 atom stereocenters. The molecule has 5 rings (SSSR count). The first-order valence-electron chi connectivity index (χ1n) is 10.9. The molecular weight excluding hydrogens is 461 g/mol. The summed E-state index contributed by atoms with van der Waals surface area (Å²) >= 11 is 6.33. The molecule has 1 aliphatic heterocycles. The third-order valence-corrected chi connectivity index (χ3v) is 6.51. The maximum atomic E-state index is 15.4. The number of nitrogens with zero attached hydrogens (tertiary/aromatic N) is 5. The summed E-state index contributed by atoms with van der Waals surface area (Å²) in [7, 11) is 1.54. The zero-order chi connectivity index (χ0) is 24.0. The first kappa shape index (κ1) is 22.3. The lowest BCUT2D eigenvalue weighted by molar-refractivity contribution is 0.0958. The van der Waals surface area contributed by atoms with E-state index in [1.165, 1.54) is 4.52 Å². The normalized spacial score (nSPS) is 14.8. The van der Waals surface area contributed by atoms with E-state index in [2.05, 4.69) is 30.2 Å². The van der Waals surface area contributed by atoms with Crippen LogP contribution in [0, 0.1) is 12.7 Å². The van der Waals surface area contributed by atoms with Crippen LogP contribution in [0.2, 0.25) is 5.15 Å². The second-order valence-electron chi connectivity index (χ2n) is 8.32. The van der Waals surface area contributed by atoms with E-state index in [1.54, 1.807) is 44.4 Å². The van der Waals surface area contributed by atoms with Gasteiger partial charge in [-0.2, -0.15) is 5.10 Å². The van der Waals surface area contributed by atoms with Gasteiger partial charge in [0.1, 0.15) is 16.7 Å². The molecule has 1 fully saturated rings. The van der Waals surface area contributed by atoms with Crippen molar-refractivity contribution in [1.29, 1.82) is 0 Å². The number of H-pyrrole nitrogens is 1. The summed E-state index contributed by atoms with van der Waals surface area (Å²) in [6.07, 6.45) is 1.60. The number of pyridine rings is 1. The van der Waals surface area contributed by atoms with Gasteiger partial charge in [0.05, 0.1) is 17.4 Å². The molecule has 3 aromatic heterocycles. The van der Waals surface area contributed by atoms with Crippen molar-refractivity contribution in [2.45, 2.75) is 13.5 Å². The van der Waals surface area contributed by atoms with E-state index in [0.29, 0.717) is 49.3 Å². The number of anilines is 1. The standard InChI is InChI=1S/C23H23ClFN7O2/c1-13-11-27-32-16-5-3-14(18(25)19(16)29-23(34)20(13)32)12-30-7-9-31(10-8-30)17-6-4-15(22(33)26-2)28-21(17)24/h3-6,11H,7-10,12H2,1-2H3,(H,26,33)(H,29,34). The van der Waals surface area contributed by atoms with Crippen LogP contribution in [0.5, 0.6) is 0 Å². The Labute approximate surface area is 199 Å². The number of aromatic nitrogens is 4. The van der Waals surface area contributed by atoms with Gasteiger partial charge in [0.25, 0.3) is 11.5 Å². The topological polar surface area (TPSA) is 98.6 Å². The van der Waals surface area contributed by atoms with Crippen LogP contribution < -0.4 is 15.8 Å². The predicted octanol–water partition coefficient (Wildman–Crippen LogP) is 2.35. The molecule has 0 spiro atoms. The number of nitrogens with one attached hydrogen (secondary N) is 2. The van der Waals surface area contributed by atoms with Gasteiger partial charge < -0.3 is 15.2 Å². The fraction of sp³-hybridized carbons (Fsp3) is 0.304. The predicted molar refractivity (Wildman–Crippen MR) is 128 cm³/mol. The molecule has 1 amide bonds. The maximum Gasteiger partial charge on any atom is 0.274 e. The smallest absolute Gasteiger partial charge is 0.274 e. The molecule has 0 unspecified atom stereocenters. The summed E-state index contributed by atoms with van der Waals surface area (Å²) < 4.78 is 16.8. The van der Waals surface area contributed by atoms with Crippen molar-refractivity contribution in [3.8, 4) is 0 Å². The highest BCUT2D eigenvalue weighted by Crippen LogP contribution is 2.26. The number of halogens is 2. The van der Waals surface area contributed by atoms with Gasteiger partial charge in [-0.15, -0.1) is 0 Å². The Balaban J connectivity index is 1.32. The molecule has 1 aromatic carbocycles. The number of rotatable bonds is 4. The second-order valence-corrected chi connectivity index (χ2v) is 8.68. The Kier molecular flexibility index (Phi) is 5.70. The van der Waals surface area contributed by atoms with Crippen LogP contribution in [0.15, 0.2) is 35.3 Å². The van der Waals surface area contributed by atoms with E-state index in [9.17, 15) is 9.59 Å². The van der Waals surface area contributed by atoms with Crippen molar-refractivity contribution in [3.05, 3.63) is 68.6 Å². The molecule has 2 N–H and O–H groups in total. The van der Waals surface area contributed by atoms with Crippen molar-refractivity contribution in [2.75, 3.05) is 38.1 Å². The molecule has 0 radical (unpaired) electrons. The Morgan fingerprint density at radius 2 is 1.97 bits per heavy atom. The van der Waals surface area contributed by atoms with E-state index in [1.807, 2.05) is 0 Å². The lowest BCUT2D eigenvalue weighted by Crippen LogP contribution is -2.46. The van der Waals surface area contributed by atoms with Crippen LogP contribution in [0.3, 0.4) is 0 Å². The second kappa shape index (κ2) is 8.69. The number of aromatic amines is 1. The average Bonchev–Trinajstić information content (AvgIpc) is 3.23. The number of fused-ring (bicyclic) bond motifs is 3. The third kappa shape index (κ3) is 3.78. The number of hydrogen-bond acceptors (Lipinski definition) is 6. The monoisotopic (exact) mass is 483 g/mol. The summed E-state index contributed by atoms with van der Waals surface area (Å²) in [5, 5.41) is 7.04. The molecule has 1 aliphatic rings. The Morgan fingerprint density at radius 1 is 1.21 bits per heavy atom. The zero-order valence-electron chi connectivity index (χ0n) is 18.7. The van der Waals surface area contributed by atoms with E-state index >= 15 is 4.39 Å². The van der Waals surface area contributed by atoms with Crippen LogP contribution in [0.1, 0.15) is 21.6 Å². The van der Waals surface area contributed by atoms with Crippen LogP contribution in [0.25, 0.3) is 16.6 Å². The first-order valence-corrected chi connectivity index (χ1v) is 11.3. The Morgan fingerprint density at radius 3 is 2.68 bits per heavy atom. The van der Waals surface area contributed by atoms with Gasteiger partial charge in [-0.25, -0.2) is 13.9 Å². The third-order valence-electron chi connectivity index (χ3n) is 6.23. The Bertz CT molecular complexity index is 1470. The van der Waals surface area contributed by atoms with Crippen LogP contribution >= 0.6 is 11.6 Å². The molecule has 4 heterocycles. The molecule has 9 nitrogen and oxygen atoms in total. The SMILES string of the molecule is CNC(=O)c1ccc(N2CCN(Cc3ccc4c([nH]c(=O)c5c(C)cnn54)c3F)CC2)c(Cl)n1. The summed E-state index contributed by atoms with van der Waals surface area (Å²) in [4.78, 5) is 35.3. The average molecular weight is 484 g/mol. The summed E-state index contributed by atoms with van der Waals surface area (Å²) in [6.45, 7) is 4.96. The Hall–Kier alpha value is -3.50. The highest BCUT2D eigenvalue weighted by atomic mass is 35.5. The molecule has 176 valence electrons. The number of carbonyl (C=O) groups excluding carboxylic acids is 1. The van der Waals surface area contributed by atoms with Gasteiger partial charge in [0.15, 0.2) is 11.0 Å². The summed E-state index contributed by atoms with van der Waals surface area (Å²) in [5.74, 6) is -0.732. The number of hydrogen-bond donors (Lipinski definition) is 2. The number of amides is 1. The molecule has 0 bridgehead atoms.